The number of carbonyl (C=O) groups excluding carboxylic acids is 2. The second kappa shape index (κ2) is 13.6. The molecule has 2 N–H and O–H groups in total. The van der Waals surface area contributed by atoms with Gasteiger partial charge in [0, 0.05) is 30.5 Å². The van der Waals surface area contributed by atoms with E-state index >= 15 is 0 Å². The number of nitrogens with zero attached hydrogens (tertiary/aromatic N) is 2. The fourth-order valence-electron chi connectivity index (χ4n) is 6.11. The zero-order chi connectivity index (χ0) is 29.4. The molecule has 0 radical (unpaired) electrons. The predicted octanol–water partition coefficient (Wildman–Crippen LogP) is 7.20. The van der Waals surface area contributed by atoms with Crippen LogP contribution in [0.5, 0.6) is 5.75 Å². The Morgan fingerprint density at radius 3 is 1.84 bits per heavy atom. The van der Waals surface area contributed by atoms with Gasteiger partial charge in [0.15, 0.2) is 0 Å². The van der Waals surface area contributed by atoms with E-state index in [0.29, 0.717) is 41.8 Å². The summed E-state index contributed by atoms with van der Waals surface area (Å²) in [5.74, 6) is 0.403. The Labute approximate surface area is 253 Å². The molecule has 7 nitrogen and oxygen atoms in total. The summed E-state index contributed by atoms with van der Waals surface area (Å²) in [6, 6.07) is 34.8. The van der Waals surface area contributed by atoms with E-state index in [-0.39, 0.29) is 11.9 Å². The Hall–Kier alpha value is -4.62. The highest BCUT2D eigenvalue weighted by atomic mass is 16.5. The van der Waals surface area contributed by atoms with E-state index in [1.54, 1.807) is 18.2 Å². The van der Waals surface area contributed by atoms with Crippen LogP contribution in [0.3, 0.4) is 0 Å². The van der Waals surface area contributed by atoms with Gasteiger partial charge in [-0.15, -0.1) is 0 Å². The van der Waals surface area contributed by atoms with Gasteiger partial charge in [-0.3, -0.25) is 4.79 Å². The molecule has 0 bridgehead atoms. The minimum Gasteiger partial charge on any atom is -0.480 e. The highest BCUT2D eigenvalue weighted by Gasteiger charge is 2.30. The molecule has 43 heavy (non-hydrogen) atoms. The van der Waals surface area contributed by atoms with Crippen molar-refractivity contribution in [3.63, 3.8) is 0 Å². The number of para-hydroxylation sites is 1. The van der Waals surface area contributed by atoms with Crippen LogP contribution in [-0.4, -0.2) is 54.0 Å². The lowest BCUT2D eigenvalue weighted by molar-refractivity contribution is 0.0639. The second-order valence-corrected chi connectivity index (χ2v) is 11.2. The number of likely N-dealkylation sites (tertiary alicyclic amines) is 2. The third-order valence-corrected chi connectivity index (χ3v) is 8.36. The van der Waals surface area contributed by atoms with Gasteiger partial charge in [-0.25, -0.2) is 4.79 Å². The average molecular weight is 575 g/mol. The molecular formula is C36H38N4O3. The maximum absolute atomic E-state index is 14.1. The standard InChI is InChI=1S/C36H38N4O3/c41-35(40-24-20-31(21-25-40)39-22-10-11-23-39)32-26-30(38-36(42)37-29-16-8-3-9-17-29)18-19-33(32)43-34(27-12-4-1-5-13-27)28-14-6-2-7-15-28/h1-9,12-19,26,31,34H,10-11,20-25H2,(H2,37,38,42). The van der Waals surface area contributed by atoms with E-state index in [1.165, 1.54) is 12.8 Å². The van der Waals surface area contributed by atoms with Crippen molar-refractivity contribution in [1.82, 2.24) is 9.80 Å². The van der Waals surface area contributed by atoms with Crippen LogP contribution in [0.4, 0.5) is 16.2 Å². The zero-order valence-electron chi connectivity index (χ0n) is 24.3. The average Bonchev–Trinajstić information content (AvgIpc) is 3.60. The number of benzene rings is 4. The second-order valence-electron chi connectivity index (χ2n) is 11.2. The first-order valence-corrected chi connectivity index (χ1v) is 15.2. The number of urea groups is 1. The summed E-state index contributed by atoms with van der Waals surface area (Å²) in [5.41, 5.74) is 3.62. The fourth-order valence-corrected chi connectivity index (χ4v) is 6.11. The summed E-state index contributed by atoms with van der Waals surface area (Å²) < 4.78 is 6.70. The van der Waals surface area contributed by atoms with E-state index in [0.717, 1.165) is 37.1 Å². The minimum absolute atomic E-state index is 0.0816. The first kappa shape index (κ1) is 28.5. The van der Waals surface area contributed by atoms with E-state index in [9.17, 15) is 9.59 Å². The minimum atomic E-state index is -0.407. The van der Waals surface area contributed by atoms with Crippen molar-refractivity contribution >= 4 is 23.3 Å². The van der Waals surface area contributed by atoms with Crippen LogP contribution in [0.2, 0.25) is 0 Å². The van der Waals surface area contributed by atoms with Gasteiger partial charge in [-0.1, -0.05) is 78.9 Å². The van der Waals surface area contributed by atoms with Crippen LogP contribution in [0, 0.1) is 0 Å². The Balaban J connectivity index is 1.27. The molecular weight excluding hydrogens is 536 g/mol. The molecule has 0 unspecified atom stereocenters. The van der Waals surface area contributed by atoms with Crippen molar-refractivity contribution in [2.24, 2.45) is 0 Å². The number of hydrogen-bond donors (Lipinski definition) is 2. The van der Waals surface area contributed by atoms with Gasteiger partial charge >= 0.3 is 6.03 Å². The van der Waals surface area contributed by atoms with Crippen LogP contribution >= 0.6 is 0 Å². The number of carbonyl (C=O) groups is 2. The molecule has 0 atom stereocenters. The van der Waals surface area contributed by atoms with E-state index in [4.69, 9.17) is 4.74 Å². The lowest BCUT2D eigenvalue weighted by atomic mass is 10.0. The Morgan fingerprint density at radius 1 is 0.674 bits per heavy atom. The number of hydrogen-bond acceptors (Lipinski definition) is 4. The summed E-state index contributed by atoms with van der Waals surface area (Å²) in [4.78, 5) is 31.5. The van der Waals surface area contributed by atoms with Crippen molar-refractivity contribution in [3.8, 4) is 5.75 Å². The zero-order valence-corrected chi connectivity index (χ0v) is 24.3. The topological polar surface area (TPSA) is 73.9 Å². The van der Waals surface area contributed by atoms with Crippen molar-refractivity contribution in [3.05, 3.63) is 126 Å². The van der Waals surface area contributed by atoms with Crippen molar-refractivity contribution in [1.29, 1.82) is 0 Å². The number of rotatable bonds is 8. The maximum Gasteiger partial charge on any atom is 0.323 e. The quantitative estimate of drug-likeness (QED) is 0.233. The Morgan fingerprint density at radius 2 is 1.23 bits per heavy atom. The summed E-state index contributed by atoms with van der Waals surface area (Å²) >= 11 is 0. The number of nitrogens with one attached hydrogen (secondary N) is 2. The van der Waals surface area contributed by atoms with Gasteiger partial charge < -0.3 is 25.2 Å². The third kappa shape index (κ3) is 7.07. The van der Waals surface area contributed by atoms with E-state index in [2.05, 4.69) is 15.5 Å². The molecule has 7 heteroatoms. The van der Waals surface area contributed by atoms with Crippen molar-refractivity contribution < 1.29 is 14.3 Å². The molecule has 2 saturated heterocycles. The van der Waals surface area contributed by atoms with Gasteiger partial charge in [0.2, 0.25) is 0 Å². The molecule has 6 rings (SSSR count). The first-order valence-electron chi connectivity index (χ1n) is 15.2. The van der Waals surface area contributed by atoms with Gasteiger partial charge in [0.05, 0.1) is 5.56 Å². The first-order chi connectivity index (χ1) is 21.1. The molecule has 0 saturated carbocycles. The molecule has 220 valence electrons. The number of amides is 3. The summed E-state index contributed by atoms with van der Waals surface area (Å²) in [7, 11) is 0. The normalized spacial score (nSPS) is 15.8. The lowest BCUT2D eigenvalue weighted by Gasteiger charge is -2.37. The highest BCUT2D eigenvalue weighted by Crippen LogP contribution is 2.33. The van der Waals surface area contributed by atoms with Crippen molar-refractivity contribution in [2.45, 2.75) is 37.8 Å². The molecule has 0 aliphatic carbocycles. The summed E-state index contributed by atoms with van der Waals surface area (Å²) in [6.07, 6.45) is 4.06. The molecule has 4 aromatic carbocycles. The Kier molecular flexibility index (Phi) is 8.99. The van der Waals surface area contributed by atoms with E-state index in [1.807, 2.05) is 95.9 Å². The SMILES string of the molecule is O=C(Nc1ccccc1)Nc1ccc(OC(c2ccccc2)c2ccccc2)c(C(=O)N2CCC(N3CCCC3)CC2)c1. The van der Waals surface area contributed by atoms with E-state index < -0.39 is 6.10 Å². The molecule has 2 aliphatic rings. The van der Waals surface area contributed by atoms with Crippen molar-refractivity contribution in [2.75, 3.05) is 36.8 Å². The third-order valence-electron chi connectivity index (χ3n) is 8.36. The van der Waals surface area contributed by atoms with Crippen LogP contribution < -0.4 is 15.4 Å². The smallest absolute Gasteiger partial charge is 0.323 e. The molecule has 3 amide bonds. The van der Waals surface area contributed by atoms with Gasteiger partial charge in [-0.2, -0.15) is 0 Å². The fraction of sp³-hybridized carbons (Fsp3) is 0.278. The molecule has 2 fully saturated rings. The summed E-state index contributed by atoms with van der Waals surface area (Å²) in [6.45, 7) is 3.73. The number of ether oxygens (including phenoxy) is 1. The van der Waals surface area contributed by atoms with Gasteiger partial charge in [0.25, 0.3) is 5.91 Å². The highest BCUT2D eigenvalue weighted by molar-refractivity contribution is 6.02. The molecule has 4 aromatic rings. The van der Waals surface area contributed by atoms with Crippen LogP contribution in [0.25, 0.3) is 0 Å². The number of piperidine rings is 1. The van der Waals surface area contributed by atoms with Crippen LogP contribution in [-0.2, 0) is 0 Å². The maximum atomic E-state index is 14.1. The number of anilines is 2. The van der Waals surface area contributed by atoms with Crippen LogP contribution in [0.15, 0.2) is 109 Å². The van der Waals surface area contributed by atoms with Gasteiger partial charge in [-0.05, 0) is 80.2 Å². The lowest BCUT2D eigenvalue weighted by Crippen LogP contribution is -2.46. The largest absolute Gasteiger partial charge is 0.480 e. The Bertz CT molecular complexity index is 1460. The van der Waals surface area contributed by atoms with Crippen LogP contribution in [0.1, 0.15) is 53.3 Å². The summed E-state index contributed by atoms with van der Waals surface area (Å²) in [5, 5.41) is 5.74. The predicted molar refractivity (Wildman–Crippen MR) is 171 cm³/mol. The molecule has 2 heterocycles. The van der Waals surface area contributed by atoms with Gasteiger partial charge in [0.1, 0.15) is 11.9 Å². The molecule has 2 aliphatic heterocycles. The molecule has 0 spiro atoms. The molecule has 0 aromatic heterocycles. The monoisotopic (exact) mass is 574 g/mol.